The van der Waals surface area contributed by atoms with Crippen LogP contribution in [0.4, 0.5) is 4.39 Å². The minimum Gasteiger partial charge on any atom is -0.314 e. The second kappa shape index (κ2) is 7.25. The normalized spacial score (nSPS) is 23.5. The quantitative estimate of drug-likeness (QED) is 0.834. The number of halogens is 2. The van der Waals surface area contributed by atoms with Crippen LogP contribution in [0.2, 0.25) is 5.02 Å². The largest absolute Gasteiger partial charge is 0.314 e. The summed E-state index contributed by atoms with van der Waals surface area (Å²) in [5.41, 5.74) is 0.699. The van der Waals surface area contributed by atoms with Crippen molar-refractivity contribution in [3.8, 4) is 0 Å². The molecular formula is C16H23ClFN. The van der Waals surface area contributed by atoms with Gasteiger partial charge in [-0.25, -0.2) is 4.39 Å². The summed E-state index contributed by atoms with van der Waals surface area (Å²) in [5.74, 6) is 0.397. The Bertz CT molecular complexity index is 387. The summed E-state index contributed by atoms with van der Waals surface area (Å²) in [6.45, 7) is 3.27. The molecule has 106 valence electrons. The molecule has 19 heavy (non-hydrogen) atoms. The molecule has 1 aromatic rings. The highest BCUT2D eigenvalue weighted by molar-refractivity contribution is 6.31. The topological polar surface area (TPSA) is 12.0 Å². The van der Waals surface area contributed by atoms with Crippen LogP contribution in [0.15, 0.2) is 18.2 Å². The third-order valence-corrected chi connectivity index (χ3v) is 4.37. The second-order valence-electron chi connectivity index (χ2n) is 5.59. The molecule has 2 atom stereocenters. The van der Waals surface area contributed by atoms with Crippen LogP contribution < -0.4 is 5.32 Å². The Hall–Kier alpha value is -0.600. The predicted octanol–water partition coefficient (Wildman–Crippen LogP) is 4.58. The van der Waals surface area contributed by atoms with Crippen molar-refractivity contribution in [2.45, 2.75) is 51.5 Å². The highest BCUT2D eigenvalue weighted by Crippen LogP contribution is 2.30. The number of rotatable bonds is 5. The molecule has 2 unspecified atom stereocenters. The fourth-order valence-electron chi connectivity index (χ4n) is 3.03. The number of nitrogens with one attached hydrogen (secondary N) is 1. The molecule has 0 bridgehead atoms. The predicted molar refractivity (Wildman–Crippen MR) is 79.2 cm³/mol. The van der Waals surface area contributed by atoms with Gasteiger partial charge in [-0.1, -0.05) is 37.4 Å². The number of hydrogen-bond donors (Lipinski definition) is 1. The van der Waals surface area contributed by atoms with Crippen LogP contribution in [0.1, 0.15) is 44.6 Å². The van der Waals surface area contributed by atoms with E-state index in [-0.39, 0.29) is 5.82 Å². The van der Waals surface area contributed by atoms with Gasteiger partial charge >= 0.3 is 0 Å². The number of hydrogen-bond acceptors (Lipinski definition) is 1. The third kappa shape index (κ3) is 4.19. The maximum atomic E-state index is 13.8. The Morgan fingerprint density at radius 1 is 1.37 bits per heavy atom. The van der Waals surface area contributed by atoms with E-state index < -0.39 is 0 Å². The van der Waals surface area contributed by atoms with E-state index in [2.05, 4.69) is 12.2 Å². The maximum absolute atomic E-state index is 13.8. The lowest BCUT2D eigenvalue weighted by Crippen LogP contribution is -2.35. The van der Waals surface area contributed by atoms with E-state index in [1.54, 1.807) is 12.1 Å². The Kier molecular flexibility index (Phi) is 5.65. The van der Waals surface area contributed by atoms with Crippen molar-refractivity contribution < 1.29 is 4.39 Å². The van der Waals surface area contributed by atoms with Gasteiger partial charge in [-0.05, 0) is 50.3 Å². The third-order valence-electron chi connectivity index (χ3n) is 4.02. The van der Waals surface area contributed by atoms with E-state index in [0.717, 1.165) is 19.4 Å². The summed E-state index contributed by atoms with van der Waals surface area (Å²) in [6, 6.07) is 5.57. The molecule has 1 saturated carbocycles. The number of benzene rings is 1. The van der Waals surface area contributed by atoms with E-state index in [0.29, 0.717) is 22.5 Å². The molecule has 3 heteroatoms. The van der Waals surface area contributed by atoms with Crippen molar-refractivity contribution in [3.63, 3.8) is 0 Å². The summed E-state index contributed by atoms with van der Waals surface area (Å²) < 4.78 is 13.8. The molecule has 0 aliphatic heterocycles. The van der Waals surface area contributed by atoms with E-state index in [1.807, 2.05) is 0 Å². The zero-order valence-electron chi connectivity index (χ0n) is 11.6. The van der Waals surface area contributed by atoms with Gasteiger partial charge in [0.1, 0.15) is 5.82 Å². The van der Waals surface area contributed by atoms with Gasteiger partial charge in [0.15, 0.2) is 0 Å². The first kappa shape index (κ1) is 14.8. The molecule has 1 aliphatic rings. The minimum absolute atomic E-state index is 0.156. The van der Waals surface area contributed by atoms with Crippen molar-refractivity contribution >= 4 is 11.6 Å². The van der Waals surface area contributed by atoms with Crippen LogP contribution in [-0.2, 0) is 6.42 Å². The second-order valence-corrected chi connectivity index (χ2v) is 6.00. The molecule has 0 aromatic heterocycles. The highest BCUT2D eigenvalue weighted by Gasteiger charge is 2.23. The van der Waals surface area contributed by atoms with Crippen LogP contribution in [0.3, 0.4) is 0 Å². The van der Waals surface area contributed by atoms with Gasteiger partial charge in [-0.3, -0.25) is 0 Å². The van der Waals surface area contributed by atoms with Gasteiger partial charge in [0.05, 0.1) is 0 Å². The molecule has 1 aromatic carbocycles. The lowest BCUT2D eigenvalue weighted by molar-refractivity contribution is 0.283. The molecule has 0 radical (unpaired) electrons. The average Bonchev–Trinajstić information content (AvgIpc) is 2.41. The van der Waals surface area contributed by atoms with Gasteiger partial charge in [-0.2, -0.15) is 0 Å². The van der Waals surface area contributed by atoms with Gasteiger partial charge in [0, 0.05) is 16.6 Å². The fraction of sp³-hybridized carbons (Fsp3) is 0.625. The van der Waals surface area contributed by atoms with Crippen LogP contribution in [-0.4, -0.2) is 12.6 Å². The lowest BCUT2D eigenvalue weighted by Gasteiger charge is -2.30. The molecular weight excluding hydrogens is 261 g/mol. The Morgan fingerprint density at radius 2 is 2.21 bits per heavy atom. The van der Waals surface area contributed by atoms with Crippen molar-refractivity contribution in [3.05, 3.63) is 34.6 Å². The van der Waals surface area contributed by atoms with Crippen molar-refractivity contribution in [1.29, 1.82) is 0 Å². The van der Waals surface area contributed by atoms with Gasteiger partial charge < -0.3 is 5.32 Å². The van der Waals surface area contributed by atoms with Gasteiger partial charge in [0.2, 0.25) is 0 Å². The van der Waals surface area contributed by atoms with Crippen LogP contribution >= 0.6 is 11.6 Å². The molecule has 1 nitrogen and oxygen atoms in total. The minimum atomic E-state index is -0.156. The van der Waals surface area contributed by atoms with Crippen molar-refractivity contribution in [1.82, 2.24) is 5.32 Å². The molecule has 1 aliphatic carbocycles. The zero-order chi connectivity index (χ0) is 13.7. The summed E-state index contributed by atoms with van der Waals surface area (Å²) in [7, 11) is 0. The van der Waals surface area contributed by atoms with Crippen molar-refractivity contribution in [2.75, 3.05) is 6.54 Å². The summed E-state index contributed by atoms with van der Waals surface area (Å²) in [6.07, 6.45) is 6.76. The Labute approximate surface area is 120 Å². The molecule has 0 spiro atoms. The Morgan fingerprint density at radius 3 is 2.95 bits per heavy atom. The molecule has 2 rings (SSSR count). The maximum Gasteiger partial charge on any atom is 0.127 e. The van der Waals surface area contributed by atoms with E-state index >= 15 is 0 Å². The van der Waals surface area contributed by atoms with Crippen LogP contribution in [0, 0.1) is 11.7 Å². The molecule has 0 heterocycles. The summed E-state index contributed by atoms with van der Waals surface area (Å²) >= 11 is 6.11. The monoisotopic (exact) mass is 283 g/mol. The van der Waals surface area contributed by atoms with Crippen molar-refractivity contribution in [2.24, 2.45) is 5.92 Å². The van der Waals surface area contributed by atoms with Gasteiger partial charge in [0.25, 0.3) is 0 Å². The lowest BCUT2D eigenvalue weighted by atomic mass is 9.82. The van der Waals surface area contributed by atoms with Crippen LogP contribution in [0.5, 0.6) is 0 Å². The smallest absolute Gasteiger partial charge is 0.127 e. The summed E-state index contributed by atoms with van der Waals surface area (Å²) in [5, 5.41) is 4.16. The molecule has 1 N–H and O–H groups in total. The van der Waals surface area contributed by atoms with E-state index in [1.165, 1.54) is 31.7 Å². The molecule has 1 fully saturated rings. The van der Waals surface area contributed by atoms with E-state index in [9.17, 15) is 4.39 Å². The molecule has 0 saturated heterocycles. The fourth-order valence-corrected chi connectivity index (χ4v) is 3.27. The first-order valence-electron chi connectivity index (χ1n) is 7.37. The van der Waals surface area contributed by atoms with Crippen LogP contribution in [0.25, 0.3) is 0 Å². The average molecular weight is 284 g/mol. The summed E-state index contributed by atoms with van der Waals surface area (Å²) in [4.78, 5) is 0. The first-order chi connectivity index (χ1) is 9.20. The van der Waals surface area contributed by atoms with Gasteiger partial charge in [-0.15, -0.1) is 0 Å². The Balaban J connectivity index is 1.95. The van der Waals surface area contributed by atoms with E-state index in [4.69, 9.17) is 11.6 Å². The first-order valence-corrected chi connectivity index (χ1v) is 7.74. The zero-order valence-corrected chi connectivity index (χ0v) is 12.3. The highest BCUT2D eigenvalue weighted by atomic mass is 35.5. The molecule has 0 amide bonds. The SMILES string of the molecule is CCCNC1CCCC(Cc2c(F)cccc2Cl)C1. The standard InChI is InChI=1S/C16H23ClFN/c1-2-9-19-13-6-3-5-12(10-13)11-14-15(17)7-4-8-16(14)18/h4,7-8,12-13,19H,2-3,5-6,9-11H2,1H3.